The third-order valence-corrected chi connectivity index (χ3v) is 4.08. The van der Waals surface area contributed by atoms with Gasteiger partial charge in [-0.3, -0.25) is 0 Å². The molecule has 0 atom stereocenters. The summed E-state index contributed by atoms with van der Waals surface area (Å²) in [5, 5.41) is 0. The van der Waals surface area contributed by atoms with Crippen molar-refractivity contribution < 1.29 is 9.47 Å². The number of hydrogen-bond donors (Lipinski definition) is 1. The molecular formula is C18H19N3O2. The van der Waals surface area contributed by atoms with Gasteiger partial charge in [-0.1, -0.05) is 0 Å². The van der Waals surface area contributed by atoms with Crippen LogP contribution in [0.1, 0.15) is 11.3 Å². The summed E-state index contributed by atoms with van der Waals surface area (Å²) in [6.45, 7) is 3.83. The lowest BCUT2D eigenvalue weighted by atomic mass is 10.1. The molecule has 4 rings (SSSR count). The highest BCUT2D eigenvalue weighted by molar-refractivity contribution is 5.70. The summed E-state index contributed by atoms with van der Waals surface area (Å²) in [6.07, 6.45) is 2.83. The largest absolute Gasteiger partial charge is 0.486 e. The molecule has 1 aromatic carbocycles. The number of aromatic nitrogens is 2. The number of imidazole rings is 1. The van der Waals surface area contributed by atoms with Crippen molar-refractivity contribution in [2.45, 2.75) is 13.3 Å². The van der Waals surface area contributed by atoms with Gasteiger partial charge < -0.3 is 19.6 Å². The number of fused-ring (bicyclic) bond motifs is 2. The number of hydrogen-bond acceptors (Lipinski definition) is 4. The summed E-state index contributed by atoms with van der Waals surface area (Å²) in [7, 11) is 0. The van der Waals surface area contributed by atoms with E-state index in [0.29, 0.717) is 19.8 Å². The molecule has 0 amide bonds. The van der Waals surface area contributed by atoms with Gasteiger partial charge in [0.25, 0.3) is 0 Å². The fourth-order valence-electron chi connectivity index (χ4n) is 2.99. The predicted octanol–water partition coefficient (Wildman–Crippen LogP) is 2.58. The lowest BCUT2D eigenvalue weighted by Crippen LogP contribution is -2.15. The molecule has 0 bridgehead atoms. The average Bonchev–Trinajstić information content (AvgIpc) is 2.92. The summed E-state index contributed by atoms with van der Waals surface area (Å²) in [5.41, 5.74) is 11.1. The van der Waals surface area contributed by atoms with Crippen molar-refractivity contribution in [3.63, 3.8) is 0 Å². The Morgan fingerprint density at radius 1 is 1.13 bits per heavy atom. The van der Waals surface area contributed by atoms with Crippen molar-refractivity contribution in [1.82, 2.24) is 9.38 Å². The van der Waals surface area contributed by atoms with Crippen LogP contribution in [0.4, 0.5) is 0 Å². The zero-order valence-corrected chi connectivity index (χ0v) is 13.1. The first-order chi connectivity index (χ1) is 11.3. The molecule has 0 unspecified atom stereocenters. The molecule has 1 aliphatic heterocycles. The van der Waals surface area contributed by atoms with E-state index in [-0.39, 0.29) is 0 Å². The number of benzene rings is 1. The third kappa shape index (κ3) is 2.43. The topological polar surface area (TPSA) is 61.8 Å². The predicted molar refractivity (Wildman–Crippen MR) is 89.1 cm³/mol. The quantitative estimate of drug-likeness (QED) is 0.808. The van der Waals surface area contributed by atoms with Crippen molar-refractivity contribution in [1.29, 1.82) is 0 Å². The van der Waals surface area contributed by atoms with Crippen LogP contribution in [-0.2, 0) is 6.42 Å². The molecule has 0 spiro atoms. The maximum atomic E-state index is 5.81. The van der Waals surface area contributed by atoms with Crippen LogP contribution in [0.15, 0.2) is 36.5 Å². The smallest absolute Gasteiger partial charge is 0.162 e. The second kappa shape index (κ2) is 5.59. The van der Waals surface area contributed by atoms with Gasteiger partial charge in [0, 0.05) is 18.2 Å². The highest BCUT2D eigenvalue weighted by Gasteiger charge is 2.17. The summed E-state index contributed by atoms with van der Waals surface area (Å²) in [4.78, 5) is 4.82. The Hall–Kier alpha value is -2.53. The number of ether oxygens (including phenoxy) is 2. The average molecular weight is 309 g/mol. The molecule has 0 saturated heterocycles. The summed E-state index contributed by atoms with van der Waals surface area (Å²) in [5.74, 6) is 1.57. The van der Waals surface area contributed by atoms with E-state index in [1.807, 2.05) is 18.2 Å². The normalized spacial score (nSPS) is 13.5. The van der Waals surface area contributed by atoms with Crippen LogP contribution in [0.5, 0.6) is 11.5 Å². The highest BCUT2D eigenvalue weighted by Crippen LogP contribution is 2.35. The zero-order chi connectivity index (χ0) is 15.8. The molecule has 1 aliphatic rings. The second-order valence-electron chi connectivity index (χ2n) is 5.74. The van der Waals surface area contributed by atoms with Crippen molar-refractivity contribution in [2.24, 2.45) is 5.73 Å². The lowest BCUT2D eigenvalue weighted by molar-refractivity contribution is 0.171. The van der Waals surface area contributed by atoms with E-state index in [9.17, 15) is 0 Å². The molecule has 118 valence electrons. The van der Waals surface area contributed by atoms with Gasteiger partial charge in [-0.15, -0.1) is 0 Å². The minimum atomic E-state index is 0.580. The van der Waals surface area contributed by atoms with Crippen LogP contribution >= 0.6 is 0 Å². The number of pyridine rings is 1. The van der Waals surface area contributed by atoms with Crippen molar-refractivity contribution >= 4 is 5.65 Å². The van der Waals surface area contributed by atoms with E-state index in [0.717, 1.165) is 40.5 Å². The Morgan fingerprint density at radius 3 is 2.78 bits per heavy atom. The van der Waals surface area contributed by atoms with Gasteiger partial charge in [0.2, 0.25) is 0 Å². The molecule has 2 N–H and O–H groups in total. The second-order valence-corrected chi connectivity index (χ2v) is 5.74. The summed E-state index contributed by atoms with van der Waals surface area (Å²) < 4.78 is 13.4. The molecule has 0 saturated carbocycles. The van der Waals surface area contributed by atoms with E-state index < -0.39 is 0 Å². The number of rotatable bonds is 3. The van der Waals surface area contributed by atoms with Gasteiger partial charge in [0.15, 0.2) is 11.5 Å². The van der Waals surface area contributed by atoms with Crippen molar-refractivity contribution in [2.75, 3.05) is 19.8 Å². The van der Waals surface area contributed by atoms with Crippen molar-refractivity contribution in [3.8, 4) is 22.8 Å². The minimum Gasteiger partial charge on any atom is -0.486 e. The first-order valence-corrected chi connectivity index (χ1v) is 7.84. The van der Waals surface area contributed by atoms with Crippen LogP contribution in [0.3, 0.4) is 0 Å². The number of nitrogens with zero attached hydrogens (tertiary/aromatic N) is 2. The van der Waals surface area contributed by atoms with Gasteiger partial charge >= 0.3 is 0 Å². The SMILES string of the molecule is Cc1ccn2c(CCN)c(-c3ccc4c(c3)OCCO4)nc2c1. The number of aryl methyl sites for hydroxylation is 1. The summed E-state index contributed by atoms with van der Waals surface area (Å²) >= 11 is 0. The molecule has 0 aliphatic carbocycles. The Bertz CT molecular complexity index is 870. The number of nitrogens with two attached hydrogens (primary N) is 1. The highest BCUT2D eigenvalue weighted by atomic mass is 16.6. The fraction of sp³-hybridized carbons (Fsp3) is 0.278. The van der Waals surface area contributed by atoms with Gasteiger partial charge in [0.1, 0.15) is 18.9 Å². The van der Waals surface area contributed by atoms with E-state index >= 15 is 0 Å². The Labute approximate surface area is 134 Å². The molecule has 5 heteroatoms. The fourth-order valence-corrected chi connectivity index (χ4v) is 2.99. The molecular weight excluding hydrogens is 290 g/mol. The van der Waals surface area contributed by atoms with Crippen LogP contribution < -0.4 is 15.2 Å². The third-order valence-electron chi connectivity index (χ3n) is 4.08. The molecule has 23 heavy (non-hydrogen) atoms. The minimum absolute atomic E-state index is 0.580. The molecule has 0 fully saturated rings. The van der Waals surface area contributed by atoms with E-state index in [4.69, 9.17) is 20.2 Å². The van der Waals surface area contributed by atoms with Crippen molar-refractivity contribution in [3.05, 3.63) is 47.8 Å². The Kier molecular flexibility index (Phi) is 3.42. The van der Waals surface area contributed by atoms with Gasteiger partial charge in [0.05, 0.1) is 11.4 Å². The molecule has 0 radical (unpaired) electrons. The molecule has 3 aromatic rings. The first-order valence-electron chi connectivity index (χ1n) is 7.84. The Morgan fingerprint density at radius 2 is 1.96 bits per heavy atom. The summed E-state index contributed by atoms with van der Waals surface area (Å²) in [6, 6.07) is 10.2. The van der Waals surface area contributed by atoms with E-state index in [1.165, 1.54) is 5.56 Å². The van der Waals surface area contributed by atoms with E-state index in [1.54, 1.807) is 0 Å². The van der Waals surface area contributed by atoms with Crippen LogP contribution in [0, 0.1) is 6.92 Å². The molecule has 5 nitrogen and oxygen atoms in total. The van der Waals surface area contributed by atoms with Crippen LogP contribution in [-0.4, -0.2) is 29.1 Å². The monoisotopic (exact) mass is 309 g/mol. The maximum Gasteiger partial charge on any atom is 0.162 e. The zero-order valence-electron chi connectivity index (χ0n) is 13.1. The Balaban J connectivity index is 1.88. The maximum absolute atomic E-state index is 5.81. The van der Waals surface area contributed by atoms with Gasteiger partial charge in [-0.2, -0.15) is 0 Å². The molecule has 2 aromatic heterocycles. The van der Waals surface area contributed by atoms with Crippen LogP contribution in [0.2, 0.25) is 0 Å². The van der Waals surface area contributed by atoms with Gasteiger partial charge in [-0.05, 0) is 49.4 Å². The lowest BCUT2D eigenvalue weighted by Gasteiger charge is -2.18. The van der Waals surface area contributed by atoms with Crippen LogP contribution in [0.25, 0.3) is 16.9 Å². The first kappa shape index (κ1) is 14.1. The standard InChI is InChI=1S/C18H19N3O2/c1-12-5-7-21-14(4-6-19)18(20-17(21)10-12)13-2-3-15-16(11-13)23-9-8-22-15/h2-3,5,7,10-11H,4,6,8-9,19H2,1H3. The molecule has 3 heterocycles. The van der Waals surface area contributed by atoms with E-state index in [2.05, 4.69) is 29.7 Å². The van der Waals surface area contributed by atoms with Gasteiger partial charge in [-0.25, -0.2) is 4.98 Å².